The lowest BCUT2D eigenvalue weighted by molar-refractivity contribution is -0.154. The Morgan fingerprint density at radius 3 is 1.21 bits per heavy atom. The van der Waals surface area contributed by atoms with E-state index in [4.69, 9.17) is 18.9 Å². The molecular formula is C16H22O8. The highest BCUT2D eigenvalue weighted by Gasteiger charge is 2.10. The minimum absolute atomic E-state index is 0.0873. The Balaban J connectivity index is 3.66. The molecule has 134 valence electrons. The van der Waals surface area contributed by atoms with Gasteiger partial charge in [0.05, 0.1) is 12.8 Å². The summed E-state index contributed by atoms with van der Waals surface area (Å²) in [7, 11) is 0. The van der Waals surface area contributed by atoms with E-state index in [2.05, 4.69) is 13.2 Å². The Morgan fingerprint density at radius 1 is 0.625 bits per heavy atom. The first-order valence-electron chi connectivity index (χ1n) is 7.20. The second-order valence-corrected chi connectivity index (χ2v) is 4.77. The Kier molecular flexibility index (Phi) is 10.6. The van der Waals surface area contributed by atoms with E-state index in [9.17, 15) is 19.2 Å². The minimum Gasteiger partial charge on any atom is -0.462 e. The van der Waals surface area contributed by atoms with Gasteiger partial charge in [-0.3, -0.25) is 9.59 Å². The summed E-state index contributed by atoms with van der Waals surface area (Å²) in [5, 5.41) is 0. The summed E-state index contributed by atoms with van der Waals surface area (Å²) in [4.78, 5) is 44.8. The second kappa shape index (κ2) is 11.9. The van der Waals surface area contributed by atoms with Gasteiger partial charge in [-0.05, 0) is 13.8 Å². The van der Waals surface area contributed by atoms with Crippen LogP contribution in [0.15, 0.2) is 24.3 Å². The summed E-state index contributed by atoms with van der Waals surface area (Å²) >= 11 is 0. The third-order valence-electron chi connectivity index (χ3n) is 2.39. The zero-order valence-corrected chi connectivity index (χ0v) is 13.9. The highest BCUT2D eigenvalue weighted by Crippen LogP contribution is 1.98. The standard InChI is InChI=1S/C16H22O8/c1-11(2)15(19)23-9-7-21-13(17)5-6-14(18)22-8-10-24-16(20)12(3)4/h1,3,5-10H2,2,4H3. The molecule has 0 amide bonds. The van der Waals surface area contributed by atoms with E-state index in [1.54, 1.807) is 0 Å². The predicted molar refractivity (Wildman–Crippen MR) is 82.7 cm³/mol. The van der Waals surface area contributed by atoms with Gasteiger partial charge >= 0.3 is 23.9 Å². The van der Waals surface area contributed by atoms with Crippen molar-refractivity contribution < 1.29 is 38.1 Å². The zero-order valence-electron chi connectivity index (χ0n) is 13.9. The molecule has 0 heterocycles. The lowest BCUT2D eigenvalue weighted by Gasteiger charge is -2.07. The summed E-state index contributed by atoms with van der Waals surface area (Å²) in [6, 6.07) is 0. The molecule has 0 unspecified atom stereocenters. The molecule has 0 saturated heterocycles. The van der Waals surface area contributed by atoms with E-state index in [0.717, 1.165) is 0 Å². The molecule has 0 aliphatic carbocycles. The number of hydrogen-bond acceptors (Lipinski definition) is 8. The number of ether oxygens (including phenoxy) is 4. The molecule has 0 aromatic heterocycles. The number of hydrogen-bond donors (Lipinski definition) is 0. The van der Waals surface area contributed by atoms with Gasteiger partial charge in [0.2, 0.25) is 0 Å². The van der Waals surface area contributed by atoms with Gasteiger partial charge in [0.15, 0.2) is 0 Å². The van der Waals surface area contributed by atoms with E-state index >= 15 is 0 Å². The Labute approximate surface area is 140 Å². The normalized spacial score (nSPS) is 9.58. The summed E-state index contributed by atoms with van der Waals surface area (Å²) in [6.45, 7) is 9.41. The fourth-order valence-corrected chi connectivity index (χ4v) is 1.17. The predicted octanol–water partition coefficient (Wildman–Crippen LogP) is 1.09. The van der Waals surface area contributed by atoms with Crippen LogP contribution in [-0.4, -0.2) is 50.3 Å². The van der Waals surface area contributed by atoms with Gasteiger partial charge in [-0.15, -0.1) is 0 Å². The Hall–Kier alpha value is -2.64. The van der Waals surface area contributed by atoms with E-state index in [1.165, 1.54) is 13.8 Å². The van der Waals surface area contributed by atoms with Gasteiger partial charge in [0.25, 0.3) is 0 Å². The van der Waals surface area contributed by atoms with Gasteiger partial charge in [0.1, 0.15) is 26.4 Å². The van der Waals surface area contributed by atoms with E-state index in [-0.39, 0.29) is 50.4 Å². The summed E-state index contributed by atoms with van der Waals surface area (Å²) < 4.78 is 19.0. The quantitative estimate of drug-likeness (QED) is 0.238. The van der Waals surface area contributed by atoms with Gasteiger partial charge in [-0.2, -0.15) is 0 Å². The van der Waals surface area contributed by atoms with E-state index in [1.807, 2.05) is 0 Å². The molecule has 0 N–H and O–H groups in total. The van der Waals surface area contributed by atoms with Crippen molar-refractivity contribution in [3.05, 3.63) is 24.3 Å². The molecule has 8 nitrogen and oxygen atoms in total. The molecule has 0 radical (unpaired) electrons. The monoisotopic (exact) mass is 342 g/mol. The van der Waals surface area contributed by atoms with Crippen LogP contribution in [0.1, 0.15) is 26.7 Å². The van der Waals surface area contributed by atoms with Gasteiger partial charge in [-0.1, -0.05) is 13.2 Å². The maximum absolute atomic E-state index is 11.4. The first-order valence-corrected chi connectivity index (χ1v) is 7.20. The zero-order chi connectivity index (χ0) is 18.5. The van der Waals surface area contributed by atoms with Crippen LogP contribution in [0.4, 0.5) is 0 Å². The molecule has 0 bridgehead atoms. The van der Waals surface area contributed by atoms with Crippen LogP contribution in [0.3, 0.4) is 0 Å². The lowest BCUT2D eigenvalue weighted by atomic mass is 10.3. The minimum atomic E-state index is -0.618. The van der Waals surface area contributed by atoms with Crippen LogP contribution in [0, 0.1) is 0 Å². The highest BCUT2D eigenvalue weighted by molar-refractivity contribution is 5.87. The average molecular weight is 342 g/mol. The molecule has 0 fully saturated rings. The third-order valence-corrected chi connectivity index (χ3v) is 2.39. The van der Waals surface area contributed by atoms with Crippen molar-refractivity contribution in [3.8, 4) is 0 Å². The maximum Gasteiger partial charge on any atom is 0.333 e. The molecule has 0 atom stereocenters. The molecule has 0 rings (SSSR count). The average Bonchev–Trinajstić information content (AvgIpc) is 2.52. The van der Waals surface area contributed by atoms with Crippen LogP contribution in [-0.2, 0) is 38.1 Å². The third kappa shape index (κ3) is 11.0. The first kappa shape index (κ1) is 21.4. The Bertz CT molecular complexity index is 460. The van der Waals surface area contributed by atoms with Crippen LogP contribution < -0.4 is 0 Å². The molecular weight excluding hydrogens is 320 g/mol. The van der Waals surface area contributed by atoms with Crippen molar-refractivity contribution in [2.75, 3.05) is 26.4 Å². The molecule has 0 spiro atoms. The lowest BCUT2D eigenvalue weighted by Crippen LogP contribution is -2.17. The Morgan fingerprint density at radius 2 is 0.917 bits per heavy atom. The second-order valence-electron chi connectivity index (χ2n) is 4.77. The van der Waals surface area contributed by atoms with Crippen molar-refractivity contribution in [2.45, 2.75) is 26.7 Å². The van der Waals surface area contributed by atoms with Crippen molar-refractivity contribution in [3.63, 3.8) is 0 Å². The number of rotatable bonds is 11. The van der Waals surface area contributed by atoms with Crippen molar-refractivity contribution in [2.24, 2.45) is 0 Å². The molecule has 0 aliphatic rings. The highest BCUT2D eigenvalue weighted by atomic mass is 16.6. The smallest absolute Gasteiger partial charge is 0.333 e. The summed E-state index contributed by atoms with van der Waals surface area (Å²) in [5.41, 5.74) is 0.496. The topological polar surface area (TPSA) is 105 Å². The molecule has 0 saturated carbocycles. The number of carbonyl (C=O) groups is 4. The largest absolute Gasteiger partial charge is 0.462 e. The van der Waals surface area contributed by atoms with E-state index < -0.39 is 23.9 Å². The molecule has 0 aromatic rings. The van der Waals surface area contributed by atoms with Crippen LogP contribution in [0.2, 0.25) is 0 Å². The van der Waals surface area contributed by atoms with Gasteiger partial charge in [0, 0.05) is 11.1 Å². The first-order chi connectivity index (χ1) is 11.2. The van der Waals surface area contributed by atoms with Gasteiger partial charge in [-0.25, -0.2) is 9.59 Å². The van der Waals surface area contributed by atoms with Crippen LogP contribution in [0.25, 0.3) is 0 Å². The molecule has 0 aliphatic heterocycles. The van der Waals surface area contributed by atoms with Gasteiger partial charge < -0.3 is 18.9 Å². The van der Waals surface area contributed by atoms with Crippen LogP contribution in [0.5, 0.6) is 0 Å². The van der Waals surface area contributed by atoms with Crippen molar-refractivity contribution >= 4 is 23.9 Å². The molecule has 24 heavy (non-hydrogen) atoms. The molecule has 0 aromatic carbocycles. The summed E-state index contributed by atoms with van der Waals surface area (Å²) in [5.74, 6) is -2.37. The number of carbonyl (C=O) groups excluding carboxylic acids is 4. The SMILES string of the molecule is C=C(C)C(=O)OCCOC(=O)CCC(=O)OCCOC(=O)C(=C)C. The van der Waals surface area contributed by atoms with Crippen molar-refractivity contribution in [1.29, 1.82) is 0 Å². The van der Waals surface area contributed by atoms with E-state index in [0.29, 0.717) is 0 Å². The maximum atomic E-state index is 11.4. The molecule has 8 heteroatoms. The fraction of sp³-hybridized carbons (Fsp3) is 0.500. The fourth-order valence-electron chi connectivity index (χ4n) is 1.17. The van der Waals surface area contributed by atoms with Crippen LogP contribution >= 0.6 is 0 Å². The van der Waals surface area contributed by atoms with Crippen molar-refractivity contribution in [1.82, 2.24) is 0 Å². The number of esters is 4. The summed E-state index contributed by atoms with van der Waals surface area (Å²) in [6.07, 6.45) is -0.336.